The summed E-state index contributed by atoms with van der Waals surface area (Å²) in [6.45, 7) is 7.04. The van der Waals surface area contributed by atoms with Crippen LogP contribution in [-0.4, -0.2) is 19.9 Å². The van der Waals surface area contributed by atoms with E-state index >= 15 is 0 Å². The molecular formula is C19H25N5O. The van der Waals surface area contributed by atoms with Crippen molar-refractivity contribution >= 4 is 5.69 Å². The van der Waals surface area contributed by atoms with E-state index in [1.54, 1.807) is 0 Å². The molecule has 0 fully saturated rings. The van der Waals surface area contributed by atoms with Crippen LogP contribution in [0.5, 0.6) is 0 Å². The quantitative estimate of drug-likeness (QED) is 0.656. The molecule has 0 aliphatic rings. The normalized spacial score (nSPS) is 11.2. The van der Waals surface area contributed by atoms with E-state index < -0.39 is 0 Å². The molecule has 0 bridgehead atoms. The zero-order valence-electron chi connectivity index (χ0n) is 15.1. The van der Waals surface area contributed by atoms with Gasteiger partial charge in [0.25, 0.3) is 0 Å². The van der Waals surface area contributed by atoms with E-state index in [4.69, 9.17) is 4.52 Å². The lowest BCUT2D eigenvalue weighted by atomic mass is 10.1. The largest absolute Gasteiger partial charge is 0.373 e. The Morgan fingerprint density at radius 3 is 2.56 bits per heavy atom. The van der Waals surface area contributed by atoms with Crippen molar-refractivity contribution in [2.24, 2.45) is 0 Å². The molecule has 3 rings (SSSR count). The van der Waals surface area contributed by atoms with Crippen molar-refractivity contribution in [2.75, 3.05) is 5.32 Å². The topological polar surface area (TPSA) is 68.8 Å². The minimum absolute atomic E-state index is 0.443. The SMILES string of the molecule is CCc1c(NCc2nc(-c3ccccc3)no2)cnn1C(CC)CC. The molecule has 0 amide bonds. The molecule has 1 N–H and O–H groups in total. The number of benzene rings is 1. The average molecular weight is 339 g/mol. The molecule has 0 spiro atoms. The van der Waals surface area contributed by atoms with Crippen LogP contribution in [0.4, 0.5) is 5.69 Å². The second-order valence-corrected chi connectivity index (χ2v) is 6.00. The Balaban J connectivity index is 1.71. The zero-order chi connectivity index (χ0) is 17.6. The van der Waals surface area contributed by atoms with Gasteiger partial charge in [0, 0.05) is 5.56 Å². The molecule has 0 aliphatic carbocycles. The predicted octanol–water partition coefficient (Wildman–Crippen LogP) is 4.47. The highest BCUT2D eigenvalue weighted by atomic mass is 16.5. The maximum absolute atomic E-state index is 5.36. The van der Waals surface area contributed by atoms with E-state index in [1.807, 2.05) is 36.5 Å². The van der Waals surface area contributed by atoms with Gasteiger partial charge in [-0.25, -0.2) is 0 Å². The number of anilines is 1. The summed E-state index contributed by atoms with van der Waals surface area (Å²) >= 11 is 0. The Morgan fingerprint density at radius 2 is 1.88 bits per heavy atom. The number of rotatable bonds is 8. The van der Waals surface area contributed by atoms with Crippen LogP contribution in [-0.2, 0) is 13.0 Å². The molecule has 0 aliphatic heterocycles. The summed E-state index contributed by atoms with van der Waals surface area (Å²) in [5, 5.41) is 12.0. The molecule has 25 heavy (non-hydrogen) atoms. The lowest BCUT2D eigenvalue weighted by molar-refractivity contribution is 0.384. The highest BCUT2D eigenvalue weighted by Gasteiger charge is 2.16. The first-order valence-corrected chi connectivity index (χ1v) is 8.95. The highest BCUT2D eigenvalue weighted by molar-refractivity contribution is 5.53. The van der Waals surface area contributed by atoms with Crippen LogP contribution in [0.3, 0.4) is 0 Å². The minimum Gasteiger partial charge on any atom is -0.373 e. The maximum atomic E-state index is 5.36. The summed E-state index contributed by atoms with van der Waals surface area (Å²) < 4.78 is 7.50. The van der Waals surface area contributed by atoms with E-state index in [2.05, 4.69) is 46.0 Å². The molecule has 3 aromatic rings. The van der Waals surface area contributed by atoms with Gasteiger partial charge in [0.05, 0.1) is 30.2 Å². The first kappa shape index (κ1) is 17.2. The highest BCUT2D eigenvalue weighted by Crippen LogP contribution is 2.24. The summed E-state index contributed by atoms with van der Waals surface area (Å²) in [5.74, 6) is 1.18. The van der Waals surface area contributed by atoms with Crippen molar-refractivity contribution in [1.82, 2.24) is 19.9 Å². The maximum Gasteiger partial charge on any atom is 0.246 e. The molecule has 0 unspecified atom stereocenters. The molecule has 0 atom stereocenters. The monoisotopic (exact) mass is 339 g/mol. The molecular weight excluding hydrogens is 314 g/mol. The van der Waals surface area contributed by atoms with Gasteiger partial charge < -0.3 is 9.84 Å². The van der Waals surface area contributed by atoms with Crippen LogP contribution in [0.15, 0.2) is 41.1 Å². The number of nitrogens with one attached hydrogen (secondary N) is 1. The average Bonchev–Trinajstić information content (AvgIpc) is 3.29. The molecule has 6 nitrogen and oxygen atoms in total. The fourth-order valence-electron chi connectivity index (χ4n) is 3.04. The standard InChI is InChI=1S/C19H25N5O/c1-4-15(5-2)24-17(6-3)16(12-21-24)20-13-18-22-19(23-25-18)14-10-8-7-9-11-14/h7-12,15,20H,4-6,13H2,1-3H3. The third-order valence-corrected chi connectivity index (χ3v) is 4.45. The Labute approximate surface area is 148 Å². The van der Waals surface area contributed by atoms with Gasteiger partial charge in [0.15, 0.2) is 0 Å². The van der Waals surface area contributed by atoms with Crippen LogP contribution in [0.1, 0.15) is 51.2 Å². The second-order valence-electron chi connectivity index (χ2n) is 6.00. The Bertz CT molecular complexity index is 789. The van der Waals surface area contributed by atoms with Crippen LogP contribution < -0.4 is 5.32 Å². The molecule has 6 heteroatoms. The smallest absolute Gasteiger partial charge is 0.246 e. The molecule has 0 radical (unpaired) electrons. The zero-order valence-corrected chi connectivity index (χ0v) is 15.1. The summed E-state index contributed by atoms with van der Waals surface area (Å²) in [6.07, 6.45) is 4.98. The van der Waals surface area contributed by atoms with Gasteiger partial charge in [0.2, 0.25) is 11.7 Å². The van der Waals surface area contributed by atoms with Crippen molar-refractivity contribution in [3.05, 3.63) is 48.1 Å². The molecule has 1 aromatic carbocycles. The summed E-state index contributed by atoms with van der Waals surface area (Å²) in [5.41, 5.74) is 3.21. The molecule has 0 saturated carbocycles. The van der Waals surface area contributed by atoms with Gasteiger partial charge in [-0.3, -0.25) is 4.68 Å². The second kappa shape index (κ2) is 7.96. The fourth-order valence-corrected chi connectivity index (χ4v) is 3.04. The van der Waals surface area contributed by atoms with Crippen molar-refractivity contribution < 1.29 is 4.52 Å². The Morgan fingerprint density at radius 1 is 1.12 bits per heavy atom. The van der Waals surface area contributed by atoms with Gasteiger partial charge in [-0.05, 0) is 19.3 Å². The van der Waals surface area contributed by atoms with Crippen LogP contribution in [0.25, 0.3) is 11.4 Å². The summed E-state index contributed by atoms with van der Waals surface area (Å²) in [4.78, 5) is 4.46. The lowest BCUT2D eigenvalue weighted by Crippen LogP contribution is -2.12. The van der Waals surface area contributed by atoms with E-state index in [0.717, 1.165) is 30.5 Å². The molecule has 0 saturated heterocycles. The fraction of sp³-hybridized carbons (Fsp3) is 0.421. The number of nitrogens with zero attached hydrogens (tertiary/aromatic N) is 4. The van der Waals surface area contributed by atoms with Crippen molar-refractivity contribution in [1.29, 1.82) is 0 Å². The van der Waals surface area contributed by atoms with E-state index in [9.17, 15) is 0 Å². The van der Waals surface area contributed by atoms with E-state index in [-0.39, 0.29) is 0 Å². The Kier molecular flexibility index (Phi) is 5.48. The van der Waals surface area contributed by atoms with Crippen LogP contribution in [0.2, 0.25) is 0 Å². The summed E-state index contributed by atoms with van der Waals surface area (Å²) in [7, 11) is 0. The third-order valence-electron chi connectivity index (χ3n) is 4.45. The number of hydrogen-bond acceptors (Lipinski definition) is 5. The van der Waals surface area contributed by atoms with Crippen molar-refractivity contribution in [2.45, 2.75) is 52.6 Å². The van der Waals surface area contributed by atoms with Gasteiger partial charge in [-0.2, -0.15) is 10.1 Å². The first-order chi connectivity index (χ1) is 12.3. The Hall–Kier alpha value is -2.63. The van der Waals surface area contributed by atoms with Crippen LogP contribution >= 0.6 is 0 Å². The van der Waals surface area contributed by atoms with Gasteiger partial charge in [0.1, 0.15) is 0 Å². The minimum atomic E-state index is 0.443. The molecule has 2 heterocycles. The van der Waals surface area contributed by atoms with Gasteiger partial charge >= 0.3 is 0 Å². The van der Waals surface area contributed by atoms with Crippen molar-refractivity contribution in [3.8, 4) is 11.4 Å². The van der Waals surface area contributed by atoms with Crippen molar-refractivity contribution in [3.63, 3.8) is 0 Å². The van der Waals surface area contributed by atoms with Crippen LogP contribution in [0, 0.1) is 0 Å². The van der Waals surface area contributed by atoms with E-state index in [1.165, 1.54) is 5.69 Å². The van der Waals surface area contributed by atoms with Gasteiger partial charge in [-0.1, -0.05) is 56.3 Å². The number of hydrogen-bond donors (Lipinski definition) is 1. The molecule has 132 valence electrons. The third kappa shape index (κ3) is 3.73. The summed E-state index contributed by atoms with van der Waals surface area (Å²) in [6, 6.07) is 10.3. The predicted molar refractivity (Wildman–Crippen MR) is 98.3 cm³/mol. The van der Waals surface area contributed by atoms with Gasteiger partial charge in [-0.15, -0.1) is 0 Å². The first-order valence-electron chi connectivity index (χ1n) is 8.95. The number of aromatic nitrogens is 4. The molecule has 2 aromatic heterocycles. The lowest BCUT2D eigenvalue weighted by Gasteiger charge is -2.16. The van der Waals surface area contributed by atoms with E-state index in [0.29, 0.717) is 24.3 Å².